The number of hydrogen-bond donors (Lipinski definition) is 3. The van der Waals surface area contributed by atoms with Crippen molar-refractivity contribution in [3.63, 3.8) is 0 Å². The summed E-state index contributed by atoms with van der Waals surface area (Å²) in [6, 6.07) is 7.76. The van der Waals surface area contributed by atoms with E-state index in [1.54, 1.807) is 6.08 Å². The summed E-state index contributed by atoms with van der Waals surface area (Å²) >= 11 is 0. The third-order valence-electron chi connectivity index (χ3n) is 6.65. The molecule has 0 fully saturated rings. The van der Waals surface area contributed by atoms with Gasteiger partial charge in [0.2, 0.25) is 0 Å². The number of carboxylic acids is 1. The van der Waals surface area contributed by atoms with Crippen molar-refractivity contribution >= 4 is 16.7 Å². The molecule has 2 atom stereocenters. The molecule has 35 heavy (non-hydrogen) atoms. The number of hydrogen-bond acceptors (Lipinski definition) is 5. The lowest BCUT2D eigenvalue weighted by Crippen LogP contribution is -2.21. The zero-order chi connectivity index (χ0) is 25.2. The number of fused-ring (bicyclic) bond motifs is 2. The first-order valence-corrected chi connectivity index (χ1v) is 13.1. The van der Waals surface area contributed by atoms with E-state index < -0.39 is 18.2 Å². The lowest BCUT2D eigenvalue weighted by Gasteiger charge is -2.26. The molecule has 0 heterocycles. The van der Waals surface area contributed by atoms with Crippen LogP contribution >= 0.6 is 0 Å². The fourth-order valence-corrected chi connectivity index (χ4v) is 4.65. The van der Waals surface area contributed by atoms with Gasteiger partial charge in [0, 0.05) is 33.9 Å². The second kappa shape index (κ2) is 13.5. The first kappa shape index (κ1) is 27.0. The molecule has 1 aliphatic rings. The molecule has 0 saturated carbocycles. The van der Waals surface area contributed by atoms with Gasteiger partial charge in [-0.15, -0.1) is 0 Å². The number of rotatable bonds is 15. The van der Waals surface area contributed by atoms with Crippen LogP contribution < -0.4 is 9.47 Å². The maximum absolute atomic E-state index is 11.8. The summed E-state index contributed by atoms with van der Waals surface area (Å²) in [6.45, 7) is 4.60. The number of allylic oxidation sites excluding steroid dienone is 1. The highest BCUT2D eigenvalue weighted by Crippen LogP contribution is 2.44. The summed E-state index contributed by atoms with van der Waals surface area (Å²) in [5.41, 5.74) is 2.01. The molecule has 0 spiro atoms. The number of carboxylic acid groups (broad SMARTS) is 1. The van der Waals surface area contributed by atoms with Crippen LogP contribution in [0.1, 0.15) is 76.3 Å². The van der Waals surface area contributed by atoms with Gasteiger partial charge in [0.25, 0.3) is 0 Å². The lowest BCUT2D eigenvalue weighted by molar-refractivity contribution is -0.132. The Morgan fingerprint density at radius 2 is 1.37 bits per heavy atom. The van der Waals surface area contributed by atoms with E-state index in [4.69, 9.17) is 9.47 Å². The zero-order valence-corrected chi connectivity index (χ0v) is 21.1. The third kappa shape index (κ3) is 7.21. The van der Waals surface area contributed by atoms with Crippen molar-refractivity contribution in [2.75, 3.05) is 13.2 Å². The van der Waals surface area contributed by atoms with Gasteiger partial charge < -0.3 is 24.8 Å². The predicted octanol–water partition coefficient (Wildman–Crippen LogP) is 5.59. The molecule has 3 rings (SSSR count). The third-order valence-corrected chi connectivity index (χ3v) is 6.65. The number of benzene rings is 2. The fraction of sp³-hybridized carbons (Fsp3) is 0.552. The van der Waals surface area contributed by atoms with Crippen LogP contribution in [0.25, 0.3) is 10.8 Å². The average molecular weight is 485 g/mol. The highest BCUT2D eigenvalue weighted by molar-refractivity contribution is 5.97. The smallest absolute Gasteiger partial charge is 0.331 e. The summed E-state index contributed by atoms with van der Waals surface area (Å²) < 4.78 is 12.4. The molecule has 0 aromatic heterocycles. The molecule has 6 heteroatoms. The predicted molar refractivity (Wildman–Crippen MR) is 138 cm³/mol. The van der Waals surface area contributed by atoms with Gasteiger partial charge in [0.05, 0.1) is 12.2 Å². The average Bonchev–Trinajstić information content (AvgIpc) is 2.86. The molecule has 192 valence electrons. The minimum absolute atomic E-state index is 0.155. The van der Waals surface area contributed by atoms with E-state index in [0.29, 0.717) is 36.3 Å². The monoisotopic (exact) mass is 484 g/mol. The Morgan fingerprint density at radius 3 is 1.86 bits per heavy atom. The van der Waals surface area contributed by atoms with Gasteiger partial charge in [0.15, 0.2) is 0 Å². The van der Waals surface area contributed by atoms with Crippen LogP contribution in [0.2, 0.25) is 0 Å². The molecule has 3 N–H and O–H groups in total. The Balaban J connectivity index is 1.93. The molecule has 0 radical (unpaired) electrons. The lowest BCUT2D eigenvalue weighted by atomic mass is 9.87. The maximum atomic E-state index is 11.8. The number of aliphatic carboxylic acids is 1. The van der Waals surface area contributed by atoms with Crippen LogP contribution in [-0.2, 0) is 17.6 Å². The summed E-state index contributed by atoms with van der Waals surface area (Å²) in [5, 5.41) is 32.2. The number of carbonyl (C=O) groups is 1. The van der Waals surface area contributed by atoms with E-state index in [1.165, 1.54) is 0 Å². The first-order valence-electron chi connectivity index (χ1n) is 13.1. The van der Waals surface area contributed by atoms with Crippen molar-refractivity contribution in [1.82, 2.24) is 0 Å². The van der Waals surface area contributed by atoms with Gasteiger partial charge >= 0.3 is 5.97 Å². The highest BCUT2D eigenvalue weighted by atomic mass is 16.5. The van der Waals surface area contributed by atoms with Crippen LogP contribution in [0.15, 0.2) is 35.9 Å². The minimum atomic E-state index is -0.942. The maximum Gasteiger partial charge on any atom is 0.331 e. The Kier molecular flexibility index (Phi) is 10.4. The molecule has 0 saturated heterocycles. The molecule has 0 aliphatic heterocycles. The Hall–Kier alpha value is -2.57. The fourth-order valence-electron chi connectivity index (χ4n) is 4.65. The Bertz CT molecular complexity index is 1010. The van der Waals surface area contributed by atoms with Gasteiger partial charge in [0.1, 0.15) is 24.7 Å². The number of aliphatic hydroxyl groups is 2. The van der Waals surface area contributed by atoms with E-state index in [0.717, 1.165) is 60.4 Å². The van der Waals surface area contributed by atoms with Crippen molar-refractivity contribution < 1.29 is 29.6 Å². The van der Waals surface area contributed by atoms with Crippen molar-refractivity contribution in [2.24, 2.45) is 0 Å². The zero-order valence-electron chi connectivity index (χ0n) is 21.1. The van der Waals surface area contributed by atoms with Gasteiger partial charge in [-0.3, -0.25) is 0 Å². The summed E-state index contributed by atoms with van der Waals surface area (Å²) in [6.07, 6.45) is 8.83. The van der Waals surface area contributed by atoms with E-state index in [-0.39, 0.29) is 19.6 Å². The van der Waals surface area contributed by atoms with Gasteiger partial charge in [-0.05, 0) is 19.3 Å². The molecule has 6 nitrogen and oxygen atoms in total. The number of aliphatic hydroxyl groups excluding tert-OH is 2. The highest BCUT2D eigenvalue weighted by Gasteiger charge is 2.27. The largest absolute Gasteiger partial charge is 0.490 e. The molecule has 1 aliphatic carbocycles. The molecule has 0 amide bonds. The SMILES string of the molecule is CCCCCC(O)COc1c2c(c(OCC(O)CCCCC)c3ccccc13)CC(C(=O)O)=CC2. The summed E-state index contributed by atoms with van der Waals surface area (Å²) in [7, 11) is 0. The van der Waals surface area contributed by atoms with E-state index in [2.05, 4.69) is 13.8 Å². The van der Waals surface area contributed by atoms with Crippen LogP contribution in [-0.4, -0.2) is 46.7 Å². The molecule has 0 bridgehead atoms. The summed E-state index contributed by atoms with van der Waals surface area (Å²) in [4.78, 5) is 11.8. The van der Waals surface area contributed by atoms with E-state index >= 15 is 0 Å². The van der Waals surface area contributed by atoms with Crippen LogP contribution in [0, 0.1) is 0 Å². The second-order valence-corrected chi connectivity index (χ2v) is 9.50. The molecule has 2 unspecified atom stereocenters. The Morgan fingerprint density at radius 1 is 0.857 bits per heavy atom. The molecule has 2 aromatic rings. The van der Waals surface area contributed by atoms with Crippen LogP contribution in [0.3, 0.4) is 0 Å². The van der Waals surface area contributed by atoms with Crippen molar-refractivity contribution in [3.05, 3.63) is 47.0 Å². The standard InChI is InChI=1S/C29H40O6/c1-3-5-7-11-21(30)18-34-27-23-13-9-10-14-24(23)28(35-19-22(31)12-8-6-4-2)26-17-20(29(32)33)15-16-25(26)27/h9-10,13-15,21-22,30-31H,3-8,11-12,16-19H2,1-2H3,(H,32,33). The van der Waals surface area contributed by atoms with Crippen molar-refractivity contribution in [3.8, 4) is 11.5 Å². The topological polar surface area (TPSA) is 96.2 Å². The molecule has 2 aromatic carbocycles. The normalized spacial score (nSPS) is 14.8. The molecular formula is C29H40O6. The summed E-state index contributed by atoms with van der Waals surface area (Å²) in [5.74, 6) is 0.359. The second-order valence-electron chi connectivity index (χ2n) is 9.50. The number of unbranched alkanes of at least 4 members (excludes halogenated alkanes) is 4. The van der Waals surface area contributed by atoms with Crippen LogP contribution in [0.5, 0.6) is 11.5 Å². The van der Waals surface area contributed by atoms with Crippen molar-refractivity contribution in [2.45, 2.75) is 90.3 Å². The van der Waals surface area contributed by atoms with Crippen LogP contribution in [0.4, 0.5) is 0 Å². The number of ether oxygens (including phenoxy) is 2. The van der Waals surface area contributed by atoms with E-state index in [9.17, 15) is 20.1 Å². The quantitative estimate of drug-likeness (QED) is 0.285. The Labute approximate surface area is 208 Å². The first-order chi connectivity index (χ1) is 17.0. The van der Waals surface area contributed by atoms with Crippen molar-refractivity contribution in [1.29, 1.82) is 0 Å². The molecular weight excluding hydrogens is 444 g/mol. The minimum Gasteiger partial charge on any atom is -0.490 e. The van der Waals surface area contributed by atoms with E-state index in [1.807, 2.05) is 24.3 Å². The van der Waals surface area contributed by atoms with Gasteiger partial charge in [-0.2, -0.15) is 0 Å². The van der Waals surface area contributed by atoms with Gasteiger partial charge in [-0.25, -0.2) is 4.79 Å². The van der Waals surface area contributed by atoms with Gasteiger partial charge in [-0.1, -0.05) is 82.7 Å².